The van der Waals surface area contributed by atoms with Gasteiger partial charge in [0.15, 0.2) is 5.65 Å². The number of hydrogen-bond acceptors (Lipinski definition) is 4. The lowest BCUT2D eigenvalue weighted by molar-refractivity contribution is -0.132. The van der Waals surface area contributed by atoms with E-state index >= 15 is 0 Å². The zero-order chi connectivity index (χ0) is 20.7. The summed E-state index contributed by atoms with van der Waals surface area (Å²) in [5.74, 6) is -0.150. The molecular formula is C19H19ClFN5O3. The molecule has 0 spiro atoms. The second-order valence-corrected chi connectivity index (χ2v) is 7.56. The van der Waals surface area contributed by atoms with Crippen LogP contribution in [0.4, 0.5) is 4.39 Å². The molecule has 3 aromatic rings. The Bertz CT molecular complexity index is 1190. The van der Waals surface area contributed by atoms with Gasteiger partial charge in [0.2, 0.25) is 5.91 Å². The zero-order valence-corrected chi connectivity index (χ0v) is 16.4. The molecule has 1 aliphatic carbocycles. The van der Waals surface area contributed by atoms with Crippen LogP contribution in [-0.4, -0.2) is 36.4 Å². The smallest absolute Gasteiger partial charge is 0.329 e. The normalized spacial score (nSPS) is 13.8. The van der Waals surface area contributed by atoms with Crippen molar-refractivity contribution >= 4 is 28.7 Å². The fourth-order valence-electron chi connectivity index (χ4n) is 3.30. The highest BCUT2D eigenvalue weighted by molar-refractivity contribution is 6.31. The lowest BCUT2D eigenvalue weighted by Crippen LogP contribution is -2.33. The SMILES string of the molecule is Cn1c(=O)[nH]c(=O)c2[nH]c(CCC(=O)N(Cc3c(F)cccc3Cl)C3CC3)nc21. The number of carbonyl (C=O) groups is 1. The molecule has 2 aromatic heterocycles. The molecule has 1 fully saturated rings. The molecule has 1 saturated carbocycles. The van der Waals surface area contributed by atoms with E-state index in [4.69, 9.17) is 11.6 Å². The summed E-state index contributed by atoms with van der Waals surface area (Å²) in [5.41, 5.74) is -0.384. The molecule has 8 nitrogen and oxygen atoms in total. The molecule has 1 aromatic carbocycles. The van der Waals surface area contributed by atoms with E-state index in [1.165, 1.54) is 23.7 Å². The van der Waals surface area contributed by atoms with Crippen molar-refractivity contribution in [1.82, 2.24) is 24.4 Å². The number of nitrogens with zero attached hydrogens (tertiary/aromatic N) is 3. The van der Waals surface area contributed by atoms with Gasteiger partial charge in [-0.3, -0.25) is 19.1 Å². The minimum absolute atomic E-state index is 0.0810. The number of aromatic nitrogens is 4. The number of imidazole rings is 1. The molecule has 0 aliphatic heterocycles. The Morgan fingerprint density at radius 2 is 2.10 bits per heavy atom. The van der Waals surface area contributed by atoms with Crippen molar-refractivity contribution in [3.8, 4) is 0 Å². The van der Waals surface area contributed by atoms with E-state index in [0.717, 1.165) is 12.8 Å². The quantitative estimate of drug-likeness (QED) is 0.636. The van der Waals surface area contributed by atoms with Gasteiger partial charge in [-0.1, -0.05) is 17.7 Å². The summed E-state index contributed by atoms with van der Waals surface area (Å²) in [7, 11) is 1.50. The molecule has 1 aliphatic rings. The fraction of sp³-hybridized carbons (Fsp3) is 0.368. The van der Waals surface area contributed by atoms with Crippen LogP contribution >= 0.6 is 11.6 Å². The van der Waals surface area contributed by atoms with Crippen LogP contribution in [0.5, 0.6) is 0 Å². The van der Waals surface area contributed by atoms with Crippen LogP contribution < -0.4 is 11.2 Å². The number of benzene rings is 1. The highest BCUT2D eigenvalue weighted by Crippen LogP contribution is 2.31. The van der Waals surface area contributed by atoms with Gasteiger partial charge in [-0.15, -0.1) is 0 Å². The number of aryl methyl sites for hydroxylation is 2. The first-order valence-electron chi connectivity index (χ1n) is 9.25. The van der Waals surface area contributed by atoms with E-state index in [-0.39, 0.29) is 42.5 Å². The van der Waals surface area contributed by atoms with Crippen molar-refractivity contribution in [1.29, 1.82) is 0 Å². The maximum absolute atomic E-state index is 14.1. The average molecular weight is 420 g/mol. The van der Waals surface area contributed by atoms with Gasteiger partial charge in [-0.2, -0.15) is 0 Å². The number of hydrogen-bond donors (Lipinski definition) is 2. The predicted molar refractivity (Wildman–Crippen MR) is 105 cm³/mol. The first-order valence-corrected chi connectivity index (χ1v) is 9.63. The lowest BCUT2D eigenvalue weighted by atomic mass is 10.1. The minimum Gasteiger partial charge on any atom is -0.336 e. The molecule has 0 atom stereocenters. The zero-order valence-electron chi connectivity index (χ0n) is 15.7. The highest BCUT2D eigenvalue weighted by Gasteiger charge is 2.33. The van der Waals surface area contributed by atoms with Gasteiger partial charge in [0.05, 0.1) is 6.54 Å². The molecule has 0 unspecified atom stereocenters. The maximum Gasteiger partial charge on any atom is 0.329 e. The summed E-state index contributed by atoms with van der Waals surface area (Å²) in [4.78, 5) is 47.4. The van der Waals surface area contributed by atoms with Gasteiger partial charge in [-0.25, -0.2) is 14.2 Å². The Morgan fingerprint density at radius 3 is 2.79 bits per heavy atom. The van der Waals surface area contributed by atoms with Crippen molar-refractivity contribution in [3.05, 3.63) is 61.3 Å². The number of halogens is 2. The summed E-state index contributed by atoms with van der Waals surface area (Å²) in [6.07, 6.45) is 2.14. The topological polar surface area (TPSA) is 104 Å². The third-order valence-electron chi connectivity index (χ3n) is 5.08. The Balaban J connectivity index is 1.51. The molecule has 2 heterocycles. The van der Waals surface area contributed by atoms with E-state index in [0.29, 0.717) is 16.4 Å². The van der Waals surface area contributed by atoms with Gasteiger partial charge < -0.3 is 9.88 Å². The van der Waals surface area contributed by atoms with Crippen molar-refractivity contribution in [2.75, 3.05) is 0 Å². The fourth-order valence-corrected chi connectivity index (χ4v) is 3.52. The number of H-pyrrole nitrogens is 2. The maximum atomic E-state index is 14.1. The largest absolute Gasteiger partial charge is 0.336 e. The third-order valence-corrected chi connectivity index (χ3v) is 5.43. The minimum atomic E-state index is -0.557. The summed E-state index contributed by atoms with van der Waals surface area (Å²) in [5, 5.41) is 0.292. The molecule has 29 heavy (non-hydrogen) atoms. The average Bonchev–Trinajstić information content (AvgIpc) is 3.42. The van der Waals surface area contributed by atoms with Gasteiger partial charge in [0.25, 0.3) is 5.56 Å². The molecule has 10 heteroatoms. The van der Waals surface area contributed by atoms with Crippen LogP contribution in [0.1, 0.15) is 30.7 Å². The standard InChI is InChI=1S/C19H19ClFN5O3/c1-25-17-16(18(28)24-19(25)29)22-14(23-17)7-8-15(27)26(10-5-6-10)9-11-12(20)3-2-4-13(11)21/h2-4,10H,5-9H2,1H3,(H,22,23)(H,24,28,29). The van der Waals surface area contributed by atoms with E-state index in [9.17, 15) is 18.8 Å². The Kier molecular flexibility index (Phi) is 4.99. The van der Waals surface area contributed by atoms with Crippen LogP contribution in [0, 0.1) is 5.82 Å². The second kappa shape index (κ2) is 7.47. The lowest BCUT2D eigenvalue weighted by Gasteiger charge is -2.23. The van der Waals surface area contributed by atoms with Crippen LogP contribution in [-0.2, 0) is 24.8 Å². The number of nitrogens with one attached hydrogen (secondary N) is 2. The summed E-state index contributed by atoms with van der Waals surface area (Å²) in [6, 6.07) is 4.54. The van der Waals surface area contributed by atoms with Crippen LogP contribution in [0.2, 0.25) is 5.02 Å². The van der Waals surface area contributed by atoms with E-state index in [1.807, 2.05) is 0 Å². The molecule has 0 bridgehead atoms. The molecule has 2 N–H and O–H groups in total. The molecule has 4 rings (SSSR count). The van der Waals surface area contributed by atoms with Crippen LogP contribution in [0.25, 0.3) is 11.2 Å². The second-order valence-electron chi connectivity index (χ2n) is 7.15. The Morgan fingerprint density at radius 1 is 1.34 bits per heavy atom. The Hall–Kier alpha value is -2.94. The van der Waals surface area contributed by atoms with Crippen molar-refractivity contribution in [2.24, 2.45) is 7.05 Å². The molecule has 1 amide bonds. The van der Waals surface area contributed by atoms with Crippen LogP contribution in [0.3, 0.4) is 0 Å². The Labute approximate surface area is 169 Å². The molecule has 152 valence electrons. The molecule has 0 saturated heterocycles. The van der Waals surface area contributed by atoms with Gasteiger partial charge in [0.1, 0.15) is 17.2 Å². The number of carbonyl (C=O) groups excluding carboxylic acids is 1. The van der Waals surface area contributed by atoms with E-state index in [2.05, 4.69) is 15.0 Å². The van der Waals surface area contributed by atoms with Crippen molar-refractivity contribution in [3.63, 3.8) is 0 Å². The predicted octanol–water partition coefficient (Wildman–Crippen LogP) is 1.87. The molecular weight excluding hydrogens is 401 g/mol. The van der Waals surface area contributed by atoms with Gasteiger partial charge in [-0.05, 0) is 25.0 Å². The number of amides is 1. The van der Waals surface area contributed by atoms with Crippen LogP contribution in [0.15, 0.2) is 27.8 Å². The number of aromatic amines is 2. The van der Waals surface area contributed by atoms with E-state index < -0.39 is 17.1 Å². The number of fused-ring (bicyclic) bond motifs is 1. The van der Waals surface area contributed by atoms with Gasteiger partial charge >= 0.3 is 5.69 Å². The summed E-state index contributed by atoms with van der Waals surface area (Å²) >= 11 is 6.11. The van der Waals surface area contributed by atoms with Crippen molar-refractivity contribution < 1.29 is 9.18 Å². The first-order chi connectivity index (χ1) is 13.8. The first kappa shape index (κ1) is 19.4. The highest BCUT2D eigenvalue weighted by atomic mass is 35.5. The molecule has 0 radical (unpaired) electrons. The van der Waals surface area contributed by atoms with Crippen molar-refractivity contribution in [2.45, 2.75) is 38.3 Å². The van der Waals surface area contributed by atoms with Gasteiger partial charge in [0, 0.05) is 36.5 Å². The summed E-state index contributed by atoms with van der Waals surface area (Å²) in [6.45, 7) is 0.114. The summed E-state index contributed by atoms with van der Waals surface area (Å²) < 4.78 is 15.4. The van der Waals surface area contributed by atoms with E-state index in [1.54, 1.807) is 11.0 Å². The monoisotopic (exact) mass is 419 g/mol. The third kappa shape index (κ3) is 3.82. The number of rotatable bonds is 6.